The van der Waals surface area contributed by atoms with Crippen molar-refractivity contribution in [3.05, 3.63) is 45.1 Å². The quantitative estimate of drug-likeness (QED) is 0.797. The summed E-state index contributed by atoms with van der Waals surface area (Å²) in [6.45, 7) is 0.736. The molecule has 0 amide bonds. The molecule has 112 valence electrons. The lowest BCUT2D eigenvalue weighted by atomic mass is 10.3. The van der Waals surface area contributed by atoms with E-state index in [1.165, 1.54) is 24.2 Å². The van der Waals surface area contributed by atoms with E-state index in [0.29, 0.717) is 16.6 Å². The minimum Gasteiger partial charge on any atom is -0.309 e. The van der Waals surface area contributed by atoms with Crippen LogP contribution in [0, 0.1) is 0 Å². The number of rotatable bonds is 6. The molecular weight excluding hydrogens is 372 g/mol. The fraction of sp³-hybridized carbons (Fsp3) is 0.286. The van der Waals surface area contributed by atoms with Gasteiger partial charge in [0.15, 0.2) is 0 Å². The van der Waals surface area contributed by atoms with Crippen LogP contribution in [0.25, 0.3) is 0 Å². The Balaban J connectivity index is 1.73. The molecule has 1 aromatic carbocycles. The summed E-state index contributed by atoms with van der Waals surface area (Å²) in [6.07, 6.45) is 2.44. The molecule has 21 heavy (non-hydrogen) atoms. The van der Waals surface area contributed by atoms with Crippen LogP contribution in [-0.4, -0.2) is 14.5 Å². The number of thiophene rings is 1. The van der Waals surface area contributed by atoms with Gasteiger partial charge in [0.1, 0.15) is 0 Å². The van der Waals surface area contributed by atoms with Crippen LogP contribution in [0.15, 0.2) is 45.1 Å². The maximum atomic E-state index is 12.4. The molecule has 4 nitrogen and oxygen atoms in total. The molecular formula is C14H15BrN2O2S2. The maximum absolute atomic E-state index is 12.4. The van der Waals surface area contributed by atoms with Crippen molar-refractivity contribution in [2.45, 2.75) is 30.3 Å². The van der Waals surface area contributed by atoms with Crippen LogP contribution in [-0.2, 0) is 16.6 Å². The van der Waals surface area contributed by atoms with Crippen LogP contribution in [0.4, 0.5) is 5.69 Å². The summed E-state index contributed by atoms with van der Waals surface area (Å²) in [5.74, 6) is 0. The molecule has 1 aliphatic rings. The first-order valence-electron chi connectivity index (χ1n) is 6.63. The van der Waals surface area contributed by atoms with E-state index in [4.69, 9.17) is 0 Å². The van der Waals surface area contributed by atoms with Crippen molar-refractivity contribution in [1.82, 2.24) is 5.32 Å². The zero-order valence-electron chi connectivity index (χ0n) is 11.2. The van der Waals surface area contributed by atoms with Gasteiger partial charge in [-0.25, -0.2) is 8.42 Å². The number of para-hydroxylation sites is 1. The van der Waals surface area contributed by atoms with Crippen LogP contribution in [0.1, 0.15) is 17.7 Å². The van der Waals surface area contributed by atoms with Crippen molar-refractivity contribution in [2.24, 2.45) is 0 Å². The van der Waals surface area contributed by atoms with Crippen LogP contribution >= 0.6 is 27.3 Å². The Bertz CT molecular complexity index is 739. The molecule has 2 N–H and O–H groups in total. The molecule has 1 aliphatic carbocycles. The summed E-state index contributed by atoms with van der Waals surface area (Å²) in [4.78, 5) is 1.35. The predicted octanol–water partition coefficient (Wildman–Crippen LogP) is 3.56. The van der Waals surface area contributed by atoms with Crippen molar-refractivity contribution in [3.63, 3.8) is 0 Å². The van der Waals surface area contributed by atoms with Crippen molar-refractivity contribution >= 4 is 43.0 Å². The fourth-order valence-corrected chi connectivity index (χ4v) is 4.69. The largest absolute Gasteiger partial charge is 0.309 e. The van der Waals surface area contributed by atoms with Crippen LogP contribution in [0.3, 0.4) is 0 Å². The van der Waals surface area contributed by atoms with E-state index in [1.807, 2.05) is 6.07 Å². The average Bonchev–Trinajstić information content (AvgIpc) is 3.15. The van der Waals surface area contributed by atoms with Gasteiger partial charge in [-0.15, -0.1) is 11.3 Å². The van der Waals surface area contributed by atoms with Gasteiger partial charge in [-0.2, -0.15) is 0 Å². The predicted molar refractivity (Wildman–Crippen MR) is 89.1 cm³/mol. The smallest absolute Gasteiger partial charge is 0.262 e. The SMILES string of the molecule is O=S(=O)(Nc1ccccc1Br)c1csc(CNC2CC2)c1. The summed E-state index contributed by atoms with van der Waals surface area (Å²) in [5, 5.41) is 5.07. The molecule has 1 saturated carbocycles. The molecule has 0 saturated heterocycles. The van der Waals surface area contributed by atoms with Crippen LogP contribution in [0.2, 0.25) is 0 Å². The van der Waals surface area contributed by atoms with Gasteiger partial charge in [0, 0.05) is 27.3 Å². The molecule has 0 spiro atoms. The number of benzene rings is 1. The van der Waals surface area contributed by atoms with E-state index >= 15 is 0 Å². The molecule has 1 heterocycles. The van der Waals surface area contributed by atoms with Gasteiger partial charge in [-0.3, -0.25) is 4.72 Å². The second kappa shape index (κ2) is 6.08. The minimum atomic E-state index is -3.54. The second-order valence-electron chi connectivity index (χ2n) is 4.99. The monoisotopic (exact) mass is 386 g/mol. The van der Waals surface area contributed by atoms with Crippen molar-refractivity contribution < 1.29 is 8.42 Å². The van der Waals surface area contributed by atoms with Crippen LogP contribution in [0.5, 0.6) is 0 Å². The highest BCUT2D eigenvalue weighted by molar-refractivity contribution is 9.10. The number of nitrogens with one attached hydrogen (secondary N) is 2. The van der Waals surface area contributed by atoms with Gasteiger partial charge < -0.3 is 5.32 Å². The topological polar surface area (TPSA) is 58.2 Å². The Morgan fingerprint density at radius 3 is 2.76 bits per heavy atom. The number of anilines is 1. The van der Waals surface area contributed by atoms with E-state index in [0.717, 1.165) is 15.9 Å². The van der Waals surface area contributed by atoms with Crippen LogP contribution < -0.4 is 10.0 Å². The van der Waals surface area contributed by atoms with Crippen molar-refractivity contribution in [2.75, 3.05) is 4.72 Å². The van der Waals surface area contributed by atoms with E-state index in [2.05, 4.69) is 26.0 Å². The third kappa shape index (κ3) is 3.85. The lowest BCUT2D eigenvalue weighted by Gasteiger charge is -2.08. The molecule has 1 aromatic heterocycles. The van der Waals surface area contributed by atoms with Gasteiger partial charge in [0.2, 0.25) is 0 Å². The third-order valence-electron chi connectivity index (χ3n) is 3.20. The number of hydrogen-bond donors (Lipinski definition) is 2. The average molecular weight is 387 g/mol. The number of halogens is 1. The van der Waals surface area contributed by atoms with Crippen molar-refractivity contribution in [1.29, 1.82) is 0 Å². The Labute approximate surface area is 136 Å². The first kappa shape index (κ1) is 15.0. The summed E-state index contributed by atoms with van der Waals surface area (Å²) in [6, 6.07) is 9.51. The lowest BCUT2D eigenvalue weighted by molar-refractivity contribution is 0.601. The molecule has 0 radical (unpaired) electrons. The van der Waals surface area contributed by atoms with Gasteiger partial charge >= 0.3 is 0 Å². The summed E-state index contributed by atoms with van der Waals surface area (Å²) < 4.78 is 28.1. The molecule has 2 aromatic rings. The molecule has 0 bridgehead atoms. The lowest BCUT2D eigenvalue weighted by Crippen LogP contribution is -2.15. The Morgan fingerprint density at radius 2 is 2.05 bits per heavy atom. The van der Waals surface area contributed by atoms with E-state index < -0.39 is 10.0 Å². The Hall–Kier alpha value is -0.890. The molecule has 7 heteroatoms. The normalized spacial score (nSPS) is 15.1. The van der Waals surface area contributed by atoms with E-state index in [9.17, 15) is 8.42 Å². The van der Waals surface area contributed by atoms with Gasteiger partial charge in [-0.1, -0.05) is 12.1 Å². The Kier molecular flexibility index (Phi) is 4.35. The molecule has 1 fully saturated rings. The summed E-state index contributed by atoms with van der Waals surface area (Å²) in [5.41, 5.74) is 0.543. The minimum absolute atomic E-state index is 0.316. The molecule has 3 rings (SSSR count). The van der Waals surface area contributed by atoms with E-state index in [-0.39, 0.29) is 0 Å². The number of sulfonamides is 1. The molecule has 0 unspecified atom stereocenters. The standard InChI is InChI=1S/C14H15BrN2O2S2/c15-13-3-1-2-4-14(13)17-21(18,19)12-7-11(20-9-12)8-16-10-5-6-10/h1-4,7,9-10,16-17H,5-6,8H2. The Morgan fingerprint density at radius 1 is 1.29 bits per heavy atom. The molecule has 0 aliphatic heterocycles. The first-order valence-corrected chi connectivity index (χ1v) is 9.78. The zero-order valence-corrected chi connectivity index (χ0v) is 14.4. The van der Waals surface area contributed by atoms with Gasteiger partial charge in [0.05, 0.1) is 10.6 Å². The second-order valence-corrected chi connectivity index (χ2v) is 8.52. The number of hydrogen-bond acceptors (Lipinski definition) is 4. The highest BCUT2D eigenvalue weighted by Gasteiger charge is 2.21. The van der Waals surface area contributed by atoms with Gasteiger partial charge in [0.25, 0.3) is 10.0 Å². The fourth-order valence-electron chi connectivity index (χ4n) is 1.87. The van der Waals surface area contributed by atoms with Crippen molar-refractivity contribution in [3.8, 4) is 0 Å². The summed E-state index contributed by atoms with van der Waals surface area (Å²) >= 11 is 4.81. The van der Waals surface area contributed by atoms with Gasteiger partial charge in [-0.05, 0) is 47.0 Å². The van der Waals surface area contributed by atoms with E-state index in [1.54, 1.807) is 29.6 Å². The highest BCUT2D eigenvalue weighted by Crippen LogP contribution is 2.27. The maximum Gasteiger partial charge on any atom is 0.262 e. The summed E-state index contributed by atoms with van der Waals surface area (Å²) in [7, 11) is -3.54. The molecule has 0 atom stereocenters. The zero-order chi connectivity index (χ0) is 14.9. The highest BCUT2D eigenvalue weighted by atomic mass is 79.9. The first-order chi connectivity index (χ1) is 10.0. The third-order valence-corrected chi connectivity index (χ3v) is 6.32.